The van der Waals surface area contributed by atoms with Gasteiger partial charge in [-0.25, -0.2) is 0 Å². The smallest absolute Gasteiger partial charge is 0.226 e. The summed E-state index contributed by atoms with van der Waals surface area (Å²) in [5.74, 6) is 0.0122. The first kappa shape index (κ1) is 15.1. The predicted octanol–water partition coefficient (Wildman–Crippen LogP) is 4.41. The Kier molecular flexibility index (Phi) is 4.57. The molecule has 0 bridgehead atoms. The lowest BCUT2D eigenvalue weighted by Gasteiger charge is -2.21. The van der Waals surface area contributed by atoms with E-state index in [1.807, 2.05) is 67.0 Å². The van der Waals surface area contributed by atoms with Crippen molar-refractivity contribution in [1.82, 2.24) is 4.57 Å². The van der Waals surface area contributed by atoms with E-state index < -0.39 is 0 Å². The summed E-state index contributed by atoms with van der Waals surface area (Å²) < 4.78 is 2.09. The van der Waals surface area contributed by atoms with E-state index in [0.29, 0.717) is 6.42 Å². The van der Waals surface area contributed by atoms with Gasteiger partial charge in [0.2, 0.25) is 5.91 Å². The van der Waals surface area contributed by atoms with Crippen LogP contribution in [0.4, 0.5) is 5.69 Å². The second-order valence-electron chi connectivity index (χ2n) is 5.62. The highest BCUT2D eigenvalue weighted by molar-refractivity contribution is 5.91. The first-order valence-electron chi connectivity index (χ1n) is 7.77. The van der Waals surface area contributed by atoms with Crippen molar-refractivity contribution >= 4 is 11.6 Å². The molecule has 0 saturated heterocycles. The number of nitrogens with one attached hydrogen (secondary N) is 1. The summed E-state index contributed by atoms with van der Waals surface area (Å²) in [4.78, 5) is 12.5. The highest BCUT2D eigenvalue weighted by atomic mass is 16.1. The fourth-order valence-electron chi connectivity index (χ4n) is 2.80. The fraction of sp³-hybridized carbons (Fsp3) is 0.150. The number of nitrogens with zero attached hydrogens (tertiary/aromatic N) is 1. The van der Waals surface area contributed by atoms with E-state index in [4.69, 9.17) is 0 Å². The summed E-state index contributed by atoms with van der Waals surface area (Å²) in [7, 11) is 0. The number of aryl methyl sites for hydroxylation is 1. The Labute approximate surface area is 136 Å². The van der Waals surface area contributed by atoms with Gasteiger partial charge in [-0.3, -0.25) is 4.79 Å². The van der Waals surface area contributed by atoms with Crippen molar-refractivity contribution in [3.63, 3.8) is 0 Å². The molecule has 0 saturated carbocycles. The SMILES string of the molecule is Cc1ccccc1[C@@H](CC(=O)Nc1ccccc1)n1cccc1. The Hall–Kier alpha value is -2.81. The lowest BCUT2D eigenvalue weighted by Crippen LogP contribution is -2.20. The number of hydrogen-bond acceptors (Lipinski definition) is 1. The average Bonchev–Trinajstić information content (AvgIpc) is 3.09. The fourth-order valence-corrected chi connectivity index (χ4v) is 2.80. The van der Waals surface area contributed by atoms with Crippen LogP contribution in [0, 0.1) is 6.92 Å². The molecule has 1 amide bonds. The summed E-state index contributed by atoms with van der Waals surface area (Å²) in [5, 5.41) is 2.97. The molecule has 3 nitrogen and oxygen atoms in total. The number of amides is 1. The van der Waals surface area contributed by atoms with Crippen molar-refractivity contribution in [2.45, 2.75) is 19.4 Å². The molecule has 3 rings (SSSR count). The monoisotopic (exact) mass is 304 g/mol. The standard InChI is InChI=1S/C20H20N2O/c1-16-9-5-6-12-18(16)19(22-13-7-8-14-22)15-20(23)21-17-10-3-2-4-11-17/h2-14,19H,15H2,1H3,(H,21,23)/t19-/m1/s1. The van der Waals surface area contributed by atoms with Crippen molar-refractivity contribution in [2.75, 3.05) is 5.32 Å². The summed E-state index contributed by atoms with van der Waals surface area (Å²) in [6.45, 7) is 2.08. The van der Waals surface area contributed by atoms with Crippen LogP contribution in [-0.2, 0) is 4.79 Å². The molecule has 116 valence electrons. The molecule has 0 aliphatic rings. The van der Waals surface area contributed by atoms with Gasteiger partial charge >= 0.3 is 0 Å². The lowest BCUT2D eigenvalue weighted by atomic mass is 9.98. The first-order chi connectivity index (χ1) is 11.2. The molecule has 1 heterocycles. The van der Waals surface area contributed by atoms with Crippen LogP contribution in [0.25, 0.3) is 0 Å². The molecule has 1 aromatic heterocycles. The molecule has 0 radical (unpaired) electrons. The van der Waals surface area contributed by atoms with E-state index in [1.165, 1.54) is 11.1 Å². The van der Waals surface area contributed by atoms with Crippen molar-refractivity contribution < 1.29 is 4.79 Å². The van der Waals surface area contributed by atoms with E-state index in [0.717, 1.165) is 5.69 Å². The van der Waals surface area contributed by atoms with Gasteiger partial charge in [-0.05, 0) is 42.3 Å². The van der Waals surface area contributed by atoms with Crippen LogP contribution in [0.2, 0.25) is 0 Å². The van der Waals surface area contributed by atoms with Gasteiger partial charge in [0.25, 0.3) is 0 Å². The van der Waals surface area contributed by atoms with E-state index in [1.54, 1.807) is 0 Å². The molecule has 0 spiro atoms. The quantitative estimate of drug-likeness (QED) is 0.744. The molecule has 23 heavy (non-hydrogen) atoms. The molecular formula is C20H20N2O. The van der Waals surface area contributed by atoms with Gasteiger partial charge in [0.1, 0.15) is 0 Å². The van der Waals surface area contributed by atoms with Crippen molar-refractivity contribution in [3.8, 4) is 0 Å². The number of hydrogen-bond donors (Lipinski definition) is 1. The zero-order valence-corrected chi connectivity index (χ0v) is 13.1. The Morgan fingerprint density at radius 1 is 0.957 bits per heavy atom. The number of rotatable bonds is 5. The summed E-state index contributed by atoms with van der Waals surface area (Å²) in [6, 6.07) is 21.8. The molecule has 1 atom stereocenters. The highest BCUT2D eigenvalue weighted by Gasteiger charge is 2.18. The Morgan fingerprint density at radius 2 is 1.61 bits per heavy atom. The molecule has 0 aliphatic heterocycles. The van der Waals surface area contributed by atoms with Gasteiger partial charge in [0, 0.05) is 18.1 Å². The largest absolute Gasteiger partial charge is 0.346 e. The molecule has 3 heteroatoms. The minimum absolute atomic E-state index is 0.00471. The predicted molar refractivity (Wildman–Crippen MR) is 93.4 cm³/mol. The van der Waals surface area contributed by atoms with Crippen LogP contribution in [0.1, 0.15) is 23.6 Å². The van der Waals surface area contributed by atoms with Gasteiger partial charge < -0.3 is 9.88 Å². The molecule has 0 aliphatic carbocycles. The third kappa shape index (κ3) is 3.69. The maximum Gasteiger partial charge on any atom is 0.226 e. The number of carbonyl (C=O) groups is 1. The zero-order valence-electron chi connectivity index (χ0n) is 13.1. The molecule has 2 aromatic carbocycles. The van der Waals surface area contributed by atoms with E-state index in [2.05, 4.69) is 28.9 Å². The van der Waals surface area contributed by atoms with Crippen LogP contribution in [0.15, 0.2) is 79.1 Å². The third-order valence-corrected chi connectivity index (χ3v) is 3.97. The summed E-state index contributed by atoms with van der Waals surface area (Å²) in [5.41, 5.74) is 3.19. The summed E-state index contributed by atoms with van der Waals surface area (Å²) in [6.07, 6.45) is 4.41. The first-order valence-corrected chi connectivity index (χ1v) is 7.77. The second kappa shape index (κ2) is 6.97. The zero-order chi connectivity index (χ0) is 16.1. The minimum atomic E-state index is -0.00471. The Balaban J connectivity index is 1.82. The number of aromatic nitrogens is 1. The van der Waals surface area contributed by atoms with Crippen molar-refractivity contribution in [3.05, 3.63) is 90.3 Å². The van der Waals surface area contributed by atoms with Crippen LogP contribution in [0.3, 0.4) is 0 Å². The molecule has 0 unspecified atom stereocenters. The number of carbonyl (C=O) groups excluding carboxylic acids is 1. The Morgan fingerprint density at radius 3 is 2.30 bits per heavy atom. The van der Waals surface area contributed by atoms with Crippen LogP contribution >= 0.6 is 0 Å². The van der Waals surface area contributed by atoms with E-state index in [9.17, 15) is 4.79 Å². The van der Waals surface area contributed by atoms with Crippen LogP contribution in [0.5, 0.6) is 0 Å². The van der Waals surface area contributed by atoms with Gasteiger partial charge in [-0.2, -0.15) is 0 Å². The van der Waals surface area contributed by atoms with Crippen LogP contribution in [-0.4, -0.2) is 10.5 Å². The maximum absolute atomic E-state index is 12.5. The molecular weight excluding hydrogens is 284 g/mol. The van der Waals surface area contributed by atoms with Gasteiger partial charge in [-0.15, -0.1) is 0 Å². The Bertz CT molecular complexity index is 763. The minimum Gasteiger partial charge on any atom is -0.346 e. The number of benzene rings is 2. The summed E-state index contributed by atoms with van der Waals surface area (Å²) >= 11 is 0. The average molecular weight is 304 g/mol. The maximum atomic E-state index is 12.5. The second-order valence-corrected chi connectivity index (χ2v) is 5.62. The van der Waals surface area contributed by atoms with Gasteiger partial charge in [-0.1, -0.05) is 42.5 Å². The molecule has 0 fully saturated rings. The van der Waals surface area contributed by atoms with E-state index in [-0.39, 0.29) is 11.9 Å². The number of para-hydroxylation sites is 1. The van der Waals surface area contributed by atoms with Crippen LogP contribution < -0.4 is 5.32 Å². The van der Waals surface area contributed by atoms with Gasteiger partial charge in [0.05, 0.1) is 12.5 Å². The van der Waals surface area contributed by atoms with Crippen molar-refractivity contribution in [1.29, 1.82) is 0 Å². The number of anilines is 1. The normalized spacial score (nSPS) is 11.9. The third-order valence-electron chi connectivity index (χ3n) is 3.97. The van der Waals surface area contributed by atoms with Crippen molar-refractivity contribution in [2.24, 2.45) is 0 Å². The lowest BCUT2D eigenvalue weighted by molar-refractivity contribution is -0.116. The molecule has 3 aromatic rings. The molecule has 1 N–H and O–H groups in total. The topological polar surface area (TPSA) is 34.0 Å². The van der Waals surface area contributed by atoms with Gasteiger partial charge in [0.15, 0.2) is 0 Å². The van der Waals surface area contributed by atoms with E-state index >= 15 is 0 Å². The highest BCUT2D eigenvalue weighted by Crippen LogP contribution is 2.25.